The van der Waals surface area contributed by atoms with Crippen molar-refractivity contribution < 1.29 is 9.59 Å². The van der Waals surface area contributed by atoms with E-state index in [1.807, 2.05) is 36.4 Å². The van der Waals surface area contributed by atoms with Gasteiger partial charge in [-0.3, -0.25) is 9.59 Å². The molecule has 4 nitrogen and oxygen atoms in total. The second-order valence-electron chi connectivity index (χ2n) is 8.15. The highest BCUT2D eigenvalue weighted by Gasteiger charge is 2.30. The largest absolute Gasteiger partial charge is 0.322 e. The van der Waals surface area contributed by atoms with Crippen LogP contribution in [0.25, 0.3) is 0 Å². The van der Waals surface area contributed by atoms with Gasteiger partial charge in [-0.05, 0) is 60.7 Å². The summed E-state index contributed by atoms with van der Waals surface area (Å²) in [7, 11) is 0. The lowest BCUT2D eigenvalue weighted by molar-refractivity contribution is -0.116. The summed E-state index contributed by atoms with van der Waals surface area (Å²) in [6.07, 6.45) is 8.68. The Kier molecular flexibility index (Phi) is 6.34. The number of anilines is 2. The molecule has 1 aliphatic carbocycles. The van der Waals surface area contributed by atoms with Crippen LogP contribution in [0.4, 0.5) is 11.4 Å². The van der Waals surface area contributed by atoms with Crippen molar-refractivity contribution in [1.82, 2.24) is 0 Å². The van der Waals surface area contributed by atoms with Gasteiger partial charge >= 0.3 is 0 Å². The fourth-order valence-corrected chi connectivity index (χ4v) is 4.80. The Balaban J connectivity index is 1.34. The zero-order valence-electron chi connectivity index (χ0n) is 16.6. The molecule has 1 unspecified atom stereocenters. The Morgan fingerprint density at radius 1 is 0.966 bits per heavy atom. The molecule has 1 heterocycles. The van der Waals surface area contributed by atoms with Crippen molar-refractivity contribution in [2.45, 2.75) is 49.8 Å². The first-order valence-electron chi connectivity index (χ1n) is 10.6. The number of alkyl halides is 1. The molecule has 0 spiro atoms. The summed E-state index contributed by atoms with van der Waals surface area (Å²) in [5.41, 5.74) is 3.57. The molecule has 4 rings (SSSR count). The first-order chi connectivity index (χ1) is 14.1. The molecule has 29 heavy (non-hydrogen) atoms. The molecule has 5 heteroatoms. The molecule has 2 aromatic rings. The highest BCUT2D eigenvalue weighted by Crippen LogP contribution is 2.28. The van der Waals surface area contributed by atoms with Gasteiger partial charge in [0.15, 0.2) is 0 Å². The molecule has 152 valence electrons. The minimum Gasteiger partial charge on any atom is -0.322 e. The Hall–Kier alpha value is -2.14. The van der Waals surface area contributed by atoms with Crippen LogP contribution in [-0.4, -0.2) is 23.2 Å². The second-order valence-corrected chi connectivity index (χ2v) is 9.26. The molecule has 1 saturated carbocycles. The highest BCUT2D eigenvalue weighted by atomic mass is 79.9. The van der Waals surface area contributed by atoms with Gasteiger partial charge in [0.1, 0.15) is 0 Å². The summed E-state index contributed by atoms with van der Waals surface area (Å²) in [5.74, 6) is 0.777. The summed E-state index contributed by atoms with van der Waals surface area (Å²) in [6.45, 7) is 0.716. The standard InChI is InChI=1S/C24H27BrN2O2/c25-22-14-15-27(24(22)29)21-12-10-20(11-13-21)26-23(28)19-8-6-18(7-9-19)16-17-4-2-1-3-5-17/h6-13,17,22H,1-5,14-16H2,(H,26,28). The maximum Gasteiger partial charge on any atom is 0.255 e. The normalized spacial score (nSPS) is 20.1. The van der Waals surface area contributed by atoms with Gasteiger partial charge in [0.25, 0.3) is 5.91 Å². The topological polar surface area (TPSA) is 49.4 Å². The fourth-order valence-electron chi connectivity index (χ4n) is 4.35. The van der Waals surface area contributed by atoms with Crippen LogP contribution in [0.3, 0.4) is 0 Å². The number of benzene rings is 2. The number of rotatable bonds is 5. The van der Waals surface area contributed by atoms with Crippen molar-refractivity contribution in [1.29, 1.82) is 0 Å². The van der Waals surface area contributed by atoms with E-state index in [0.717, 1.165) is 30.1 Å². The van der Waals surface area contributed by atoms with Crippen LogP contribution in [-0.2, 0) is 11.2 Å². The van der Waals surface area contributed by atoms with Crippen molar-refractivity contribution in [3.05, 3.63) is 59.7 Å². The van der Waals surface area contributed by atoms with E-state index in [1.54, 1.807) is 4.90 Å². The van der Waals surface area contributed by atoms with Crippen LogP contribution in [0.15, 0.2) is 48.5 Å². The minimum atomic E-state index is -0.111. The SMILES string of the molecule is O=C(Nc1ccc(N2CCC(Br)C2=O)cc1)c1ccc(CC2CCCCC2)cc1. The van der Waals surface area contributed by atoms with E-state index in [-0.39, 0.29) is 16.6 Å². The first kappa shape index (κ1) is 20.1. The van der Waals surface area contributed by atoms with E-state index >= 15 is 0 Å². The van der Waals surface area contributed by atoms with Crippen LogP contribution < -0.4 is 10.2 Å². The summed E-state index contributed by atoms with van der Waals surface area (Å²) >= 11 is 3.40. The second kappa shape index (κ2) is 9.12. The molecule has 1 N–H and O–H groups in total. The van der Waals surface area contributed by atoms with Gasteiger partial charge in [0.05, 0.1) is 4.83 Å². The van der Waals surface area contributed by atoms with Crippen LogP contribution in [0, 0.1) is 5.92 Å². The number of halogens is 1. The fraction of sp³-hybridized carbons (Fsp3) is 0.417. The van der Waals surface area contributed by atoms with E-state index < -0.39 is 0 Å². The summed E-state index contributed by atoms with van der Waals surface area (Å²) < 4.78 is 0. The van der Waals surface area contributed by atoms with E-state index in [4.69, 9.17) is 0 Å². The molecule has 0 bridgehead atoms. The van der Waals surface area contributed by atoms with Gasteiger partial charge in [-0.25, -0.2) is 0 Å². The van der Waals surface area contributed by atoms with Crippen LogP contribution in [0.5, 0.6) is 0 Å². The predicted molar refractivity (Wildman–Crippen MR) is 121 cm³/mol. The smallest absolute Gasteiger partial charge is 0.255 e. The maximum absolute atomic E-state index is 12.6. The van der Waals surface area contributed by atoms with Crippen LogP contribution in [0.1, 0.15) is 54.4 Å². The third-order valence-corrected chi connectivity index (χ3v) is 6.89. The lowest BCUT2D eigenvalue weighted by Crippen LogP contribution is -2.26. The van der Waals surface area contributed by atoms with E-state index in [2.05, 4.69) is 33.4 Å². The molecular formula is C24H27BrN2O2. The van der Waals surface area contributed by atoms with E-state index in [1.165, 1.54) is 37.7 Å². The molecule has 0 aromatic heterocycles. The van der Waals surface area contributed by atoms with Gasteiger partial charge < -0.3 is 10.2 Å². The summed E-state index contributed by atoms with van der Waals surface area (Å²) in [5, 5.41) is 2.95. The maximum atomic E-state index is 12.6. The number of carbonyl (C=O) groups excluding carboxylic acids is 2. The lowest BCUT2D eigenvalue weighted by atomic mass is 9.85. The number of carbonyl (C=O) groups is 2. The minimum absolute atomic E-state index is 0.0927. The number of hydrogen-bond acceptors (Lipinski definition) is 2. The number of hydrogen-bond donors (Lipinski definition) is 1. The lowest BCUT2D eigenvalue weighted by Gasteiger charge is -2.21. The number of amides is 2. The molecular weight excluding hydrogens is 428 g/mol. The van der Waals surface area contributed by atoms with Gasteiger partial charge in [-0.1, -0.05) is 60.2 Å². The molecule has 2 aromatic carbocycles. The number of nitrogens with zero attached hydrogens (tertiary/aromatic N) is 1. The average Bonchev–Trinajstić information content (AvgIpc) is 3.08. The molecule has 1 aliphatic heterocycles. The third-order valence-electron chi connectivity index (χ3n) is 6.04. The molecule has 1 atom stereocenters. The summed E-state index contributed by atoms with van der Waals surface area (Å²) in [4.78, 5) is 26.4. The third kappa shape index (κ3) is 4.89. The van der Waals surface area contributed by atoms with Crippen LogP contribution >= 0.6 is 15.9 Å². The Morgan fingerprint density at radius 3 is 2.28 bits per heavy atom. The monoisotopic (exact) mass is 454 g/mol. The van der Waals surface area contributed by atoms with Crippen molar-refractivity contribution in [2.75, 3.05) is 16.8 Å². The molecule has 2 aliphatic rings. The molecule has 2 fully saturated rings. The van der Waals surface area contributed by atoms with Gasteiger partial charge in [-0.2, -0.15) is 0 Å². The summed E-state index contributed by atoms with van der Waals surface area (Å²) in [6, 6.07) is 15.5. The number of nitrogens with one attached hydrogen (secondary N) is 1. The van der Waals surface area contributed by atoms with Gasteiger partial charge in [0, 0.05) is 23.5 Å². The van der Waals surface area contributed by atoms with Crippen molar-refractivity contribution in [3.63, 3.8) is 0 Å². The average molecular weight is 455 g/mol. The predicted octanol–water partition coefficient (Wildman–Crippen LogP) is 5.56. The van der Waals surface area contributed by atoms with E-state index in [9.17, 15) is 9.59 Å². The van der Waals surface area contributed by atoms with E-state index in [0.29, 0.717) is 12.1 Å². The van der Waals surface area contributed by atoms with Crippen molar-refractivity contribution in [3.8, 4) is 0 Å². The Bertz CT molecular complexity index is 857. The van der Waals surface area contributed by atoms with Crippen molar-refractivity contribution >= 4 is 39.1 Å². The first-order valence-corrected chi connectivity index (χ1v) is 11.5. The van der Waals surface area contributed by atoms with Gasteiger partial charge in [0.2, 0.25) is 5.91 Å². The molecule has 2 amide bonds. The Labute approximate surface area is 180 Å². The molecule has 1 saturated heterocycles. The van der Waals surface area contributed by atoms with Crippen LogP contribution in [0.2, 0.25) is 0 Å². The van der Waals surface area contributed by atoms with Crippen molar-refractivity contribution in [2.24, 2.45) is 5.92 Å². The Morgan fingerprint density at radius 2 is 1.66 bits per heavy atom. The van der Waals surface area contributed by atoms with Gasteiger partial charge in [-0.15, -0.1) is 0 Å². The zero-order valence-corrected chi connectivity index (χ0v) is 18.2. The zero-order chi connectivity index (χ0) is 20.2. The highest BCUT2D eigenvalue weighted by molar-refractivity contribution is 9.10. The quantitative estimate of drug-likeness (QED) is 0.600. The molecule has 0 radical (unpaired) electrons.